The highest BCUT2D eigenvalue weighted by atomic mass is 32.1. The second-order valence-electron chi connectivity index (χ2n) is 4.98. The van der Waals surface area contributed by atoms with Crippen molar-refractivity contribution in [2.24, 2.45) is 5.73 Å². The molecule has 2 heterocycles. The average Bonchev–Trinajstić information content (AvgIpc) is 2.87. The number of benzene rings is 1. The maximum atomic E-state index is 5.61. The van der Waals surface area contributed by atoms with Crippen LogP contribution in [-0.2, 0) is 0 Å². The highest BCUT2D eigenvalue weighted by Gasteiger charge is 2.20. The summed E-state index contributed by atoms with van der Waals surface area (Å²) in [7, 11) is 0. The molecule has 0 radical (unpaired) electrons. The molecule has 1 aromatic heterocycles. The van der Waals surface area contributed by atoms with E-state index >= 15 is 0 Å². The second-order valence-corrected chi connectivity index (χ2v) is 5.87. The zero-order chi connectivity index (χ0) is 12.4. The number of piperidine rings is 1. The minimum absolute atomic E-state index is 0.713. The van der Waals surface area contributed by atoms with E-state index in [0.717, 1.165) is 18.6 Å². The zero-order valence-corrected chi connectivity index (χ0v) is 11.3. The molecule has 1 aliphatic rings. The molecular weight excluding hydrogens is 242 g/mol. The number of thiazole rings is 1. The summed E-state index contributed by atoms with van der Waals surface area (Å²) in [4.78, 5) is 6.81. The molecule has 1 fully saturated rings. The van der Waals surface area contributed by atoms with E-state index in [1.807, 2.05) is 5.51 Å². The van der Waals surface area contributed by atoms with Crippen LogP contribution in [0.15, 0.2) is 23.7 Å². The number of nitrogens with zero attached hydrogens (tertiary/aromatic N) is 2. The average molecular weight is 261 g/mol. The van der Waals surface area contributed by atoms with Crippen LogP contribution in [0, 0.1) is 0 Å². The molecule has 96 valence electrons. The summed E-state index contributed by atoms with van der Waals surface area (Å²) in [6, 6.07) is 6.75. The summed E-state index contributed by atoms with van der Waals surface area (Å²) in [5.41, 5.74) is 10.2. The number of hydrogen-bond donors (Lipinski definition) is 1. The highest BCUT2D eigenvalue weighted by Crippen LogP contribution is 2.30. The summed E-state index contributed by atoms with van der Waals surface area (Å²) in [6.07, 6.45) is 2.51. The highest BCUT2D eigenvalue weighted by molar-refractivity contribution is 7.16. The number of likely N-dealkylation sites (tertiary alicyclic amines) is 1. The molecule has 18 heavy (non-hydrogen) atoms. The van der Waals surface area contributed by atoms with Gasteiger partial charge >= 0.3 is 0 Å². The van der Waals surface area contributed by atoms with Gasteiger partial charge in [0.15, 0.2) is 0 Å². The first-order valence-electron chi connectivity index (χ1n) is 6.62. The van der Waals surface area contributed by atoms with Crippen molar-refractivity contribution in [3.63, 3.8) is 0 Å². The Bertz CT molecular complexity index is 514. The Morgan fingerprint density at radius 2 is 2.17 bits per heavy atom. The number of hydrogen-bond acceptors (Lipinski definition) is 4. The molecule has 0 aliphatic carbocycles. The van der Waals surface area contributed by atoms with Crippen LogP contribution >= 0.6 is 11.3 Å². The molecule has 1 aromatic carbocycles. The lowest BCUT2D eigenvalue weighted by molar-refractivity contribution is 0.218. The first-order chi connectivity index (χ1) is 8.86. The van der Waals surface area contributed by atoms with Gasteiger partial charge in [0.25, 0.3) is 0 Å². The Morgan fingerprint density at radius 3 is 2.94 bits per heavy atom. The molecule has 3 nitrogen and oxygen atoms in total. The predicted molar refractivity (Wildman–Crippen MR) is 77.1 cm³/mol. The Kier molecular flexibility index (Phi) is 3.59. The van der Waals surface area contributed by atoms with E-state index < -0.39 is 0 Å². The van der Waals surface area contributed by atoms with Gasteiger partial charge in [0, 0.05) is 13.1 Å². The standard InChI is InChI=1S/C14H19N3S/c15-5-8-17-6-3-11(4-7-17)12-1-2-13-14(9-12)18-10-16-13/h1-2,9-11H,3-8,15H2. The SMILES string of the molecule is NCCN1CCC(c2ccc3ncsc3c2)CC1. The predicted octanol–water partition coefficient (Wildman–Crippen LogP) is 2.43. The maximum Gasteiger partial charge on any atom is 0.0812 e. The van der Waals surface area contributed by atoms with Gasteiger partial charge in [0.05, 0.1) is 15.7 Å². The third kappa shape index (κ3) is 2.41. The van der Waals surface area contributed by atoms with Crippen molar-refractivity contribution in [3.8, 4) is 0 Å². The van der Waals surface area contributed by atoms with E-state index in [9.17, 15) is 0 Å². The Labute approximate surface area is 112 Å². The molecule has 1 aliphatic heterocycles. The van der Waals surface area contributed by atoms with Crippen LogP contribution in [0.1, 0.15) is 24.3 Å². The fourth-order valence-corrected chi connectivity index (χ4v) is 3.52. The van der Waals surface area contributed by atoms with Crippen molar-refractivity contribution in [1.29, 1.82) is 0 Å². The topological polar surface area (TPSA) is 42.1 Å². The molecule has 4 heteroatoms. The van der Waals surface area contributed by atoms with Gasteiger partial charge in [-0.2, -0.15) is 0 Å². The zero-order valence-electron chi connectivity index (χ0n) is 10.5. The number of fused-ring (bicyclic) bond motifs is 1. The molecule has 0 unspecified atom stereocenters. The van der Waals surface area contributed by atoms with Crippen molar-refractivity contribution in [2.75, 3.05) is 26.2 Å². The number of aromatic nitrogens is 1. The number of nitrogens with two attached hydrogens (primary N) is 1. The minimum atomic E-state index is 0.713. The van der Waals surface area contributed by atoms with Crippen molar-refractivity contribution in [1.82, 2.24) is 9.88 Å². The van der Waals surface area contributed by atoms with Crippen molar-refractivity contribution in [3.05, 3.63) is 29.3 Å². The third-order valence-corrected chi connectivity index (χ3v) is 4.65. The molecule has 0 bridgehead atoms. The van der Waals surface area contributed by atoms with Crippen LogP contribution in [0.5, 0.6) is 0 Å². The Hall–Kier alpha value is -0.970. The van der Waals surface area contributed by atoms with Gasteiger partial charge in [-0.3, -0.25) is 0 Å². The lowest BCUT2D eigenvalue weighted by Crippen LogP contribution is -2.36. The summed E-state index contributed by atoms with van der Waals surface area (Å²) in [5.74, 6) is 0.713. The van der Waals surface area contributed by atoms with E-state index in [-0.39, 0.29) is 0 Å². The van der Waals surface area contributed by atoms with Crippen LogP contribution < -0.4 is 5.73 Å². The van der Waals surface area contributed by atoms with Crippen LogP contribution in [-0.4, -0.2) is 36.1 Å². The normalized spacial score (nSPS) is 18.5. The monoisotopic (exact) mass is 261 g/mol. The minimum Gasteiger partial charge on any atom is -0.329 e. The molecule has 0 atom stereocenters. The van der Waals surface area contributed by atoms with Crippen LogP contribution in [0.2, 0.25) is 0 Å². The summed E-state index contributed by atoms with van der Waals surface area (Å²) < 4.78 is 1.32. The first-order valence-corrected chi connectivity index (χ1v) is 7.50. The fraction of sp³-hybridized carbons (Fsp3) is 0.500. The molecule has 0 saturated carbocycles. The van der Waals surface area contributed by atoms with Crippen LogP contribution in [0.4, 0.5) is 0 Å². The van der Waals surface area contributed by atoms with Gasteiger partial charge in [-0.15, -0.1) is 11.3 Å². The third-order valence-electron chi connectivity index (χ3n) is 3.86. The largest absolute Gasteiger partial charge is 0.329 e. The van der Waals surface area contributed by atoms with E-state index in [4.69, 9.17) is 5.73 Å². The van der Waals surface area contributed by atoms with Crippen molar-refractivity contribution >= 4 is 21.6 Å². The van der Waals surface area contributed by atoms with E-state index in [1.165, 1.54) is 36.2 Å². The Morgan fingerprint density at radius 1 is 1.33 bits per heavy atom. The summed E-state index contributed by atoms with van der Waals surface area (Å²) in [5, 5.41) is 0. The van der Waals surface area contributed by atoms with Gasteiger partial charge in [-0.25, -0.2) is 4.98 Å². The molecule has 0 spiro atoms. The van der Waals surface area contributed by atoms with Gasteiger partial charge in [0.2, 0.25) is 0 Å². The maximum absolute atomic E-state index is 5.61. The first kappa shape index (κ1) is 12.1. The molecular formula is C14H19N3S. The van der Waals surface area contributed by atoms with Gasteiger partial charge in [-0.05, 0) is 49.5 Å². The molecule has 0 amide bonds. The summed E-state index contributed by atoms with van der Waals surface area (Å²) >= 11 is 1.74. The Balaban J connectivity index is 1.71. The molecule has 2 N–H and O–H groups in total. The lowest BCUT2D eigenvalue weighted by Gasteiger charge is -2.31. The fourth-order valence-electron chi connectivity index (χ4n) is 2.80. The summed E-state index contributed by atoms with van der Waals surface area (Å²) in [6.45, 7) is 4.18. The van der Waals surface area contributed by atoms with Crippen LogP contribution in [0.3, 0.4) is 0 Å². The van der Waals surface area contributed by atoms with E-state index in [0.29, 0.717) is 5.92 Å². The quantitative estimate of drug-likeness (QED) is 0.922. The smallest absolute Gasteiger partial charge is 0.0812 e. The van der Waals surface area contributed by atoms with Crippen LogP contribution in [0.25, 0.3) is 10.2 Å². The molecule has 1 saturated heterocycles. The second kappa shape index (κ2) is 5.34. The van der Waals surface area contributed by atoms with Crippen molar-refractivity contribution in [2.45, 2.75) is 18.8 Å². The molecule has 3 rings (SSSR count). The van der Waals surface area contributed by atoms with Crippen molar-refractivity contribution < 1.29 is 0 Å². The number of rotatable bonds is 3. The van der Waals surface area contributed by atoms with Gasteiger partial charge in [-0.1, -0.05) is 6.07 Å². The van der Waals surface area contributed by atoms with E-state index in [2.05, 4.69) is 28.1 Å². The van der Waals surface area contributed by atoms with Gasteiger partial charge in [0.1, 0.15) is 0 Å². The lowest BCUT2D eigenvalue weighted by atomic mass is 9.89. The molecule has 2 aromatic rings. The van der Waals surface area contributed by atoms with E-state index in [1.54, 1.807) is 11.3 Å². The van der Waals surface area contributed by atoms with Gasteiger partial charge < -0.3 is 10.6 Å².